The van der Waals surface area contributed by atoms with Crippen molar-refractivity contribution in [2.75, 3.05) is 4.90 Å². The molecule has 0 saturated carbocycles. The number of hydrogen-bond acceptors (Lipinski definition) is 4. The SMILES string of the molecule is Cc1ccc2c(c1)C(=O)C(=O)N2Cc1cncs1. The second kappa shape index (κ2) is 4.03. The molecule has 0 spiro atoms. The van der Waals surface area contributed by atoms with Gasteiger partial charge in [-0.2, -0.15) is 0 Å². The minimum Gasteiger partial charge on any atom is -0.299 e. The molecule has 1 aromatic carbocycles. The van der Waals surface area contributed by atoms with E-state index in [1.165, 1.54) is 16.2 Å². The predicted molar refractivity (Wildman–Crippen MR) is 68.8 cm³/mol. The van der Waals surface area contributed by atoms with Crippen LogP contribution in [0.3, 0.4) is 0 Å². The Balaban J connectivity index is 2.02. The topological polar surface area (TPSA) is 50.3 Å². The summed E-state index contributed by atoms with van der Waals surface area (Å²) in [5.74, 6) is -0.873. The molecule has 18 heavy (non-hydrogen) atoms. The largest absolute Gasteiger partial charge is 0.299 e. The summed E-state index contributed by atoms with van der Waals surface area (Å²) in [5.41, 5.74) is 3.90. The number of benzene rings is 1. The van der Waals surface area contributed by atoms with Crippen molar-refractivity contribution in [1.29, 1.82) is 0 Å². The monoisotopic (exact) mass is 258 g/mol. The number of fused-ring (bicyclic) bond motifs is 1. The lowest BCUT2D eigenvalue weighted by atomic mass is 10.1. The zero-order chi connectivity index (χ0) is 12.7. The Kier molecular flexibility index (Phi) is 2.48. The van der Waals surface area contributed by atoms with E-state index in [-0.39, 0.29) is 0 Å². The average molecular weight is 258 g/mol. The van der Waals surface area contributed by atoms with Crippen LogP contribution in [0.2, 0.25) is 0 Å². The van der Waals surface area contributed by atoms with Crippen LogP contribution in [0.5, 0.6) is 0 Å². The third kappa shape index (κ3) is 1.64. The van der Waals surface area contributed by atoms with Crippen molar-refractivity contribution in [1.82, 2.24) is 4.98 Å². The average Bonchev–Trinajstić information content (AvgIpc) is 2.94. The van der Waals surface area contributed by atoms with Crippen LogP contribution >= 0.6 is 11.3 Å². The number of rotatable bonds is 2. The van der Waals surface area contributed by atoms with E-state index in [2.05, 4.69) is 4.98 Å². The van der Waals surface area contributed by atoms with Gasteiger partial charge in [0.15, 0.2) is 0 Å². The summed E-state index contributed by atoms with van der Waals surface area (Å²) in [5, 5.41) is 0. The zero-order valence-corrected chi connectivity index (χ0v) is 10.5. The normalized spacial score (nSPS) is 14.2. The number of amides is 1. The maximum absolute atomic E-state index is 12.0. The highest BCUT2D eigenvalue weighted by Gasteiger charge is 2.35. The molecule has 0 saturated heterocycles. The molecule has 90 valence electrons. The molecule has 4 nitrogen and oxygen atoms in total. The number of carbonyl (C=O) groups excluding carboxylic acids is 2. The van der Waals surface area contributed by atoms with E-state index in [1.54, 1.807) is 17.8 Å². The van der Waals surface area contributed by atoms with Gasteiger partial charge in [0.25, 0.3) is 11.7 Å². The van der Waals surface area contributed by atoms with Crippen molar-refractivity contribution in [3.8, 4) is 0 Å². The molecule has 0 unspecified atom stereocenters. The van der Waals surface area contributed by atoms with Gasteiger partial charge in [-0.15, -0.1) is 11.3 Å². The molecule has 0 bridgehead atoms. The lowest BCUT2D eigenvalue weighted by molar-refractivity contribution is -0.114. The Labute approximate surface area is 108 Å². The first-order valence-electron chi connectivity index (χ1n) is 5.51. The summed E-state index contributed by atoms with van der Waals surface area (Å²) in [7, 11) is 0. The molecule has 2 aromatic rings. The van der Waals surface area contributed by atoms with Crippen molar-refractivity contribution >= 4 is 28.7 Å². The molecule has 1 aliphatic rings. The minimum atomic E-state index is -0.455. The fourth-order valence-corrected chi connectivity index (χ4v) is 2.63. The number of aryl methyl sites for hydroxylation is 1. The highest BCUT2D eigenvalue weighted by atomic mass is 32.1. The van der Waals surface area contributed by atoms with E-state index in [0.717, 1.165) is 10.4 Å². The van der Waals surface area contributed by atoms with Crippen LogP contribution in [0.15, 0.2) is 29.9 Å². The van der Waals surface area contributed by atoms with E-state index in [9.17, 15) is 9.59 Å². The lowest BCUT2D eigenvalue weighted by Gasteiger charge is -2.14. The number of nitrogens with zero attached hydrogens (tertiary/aromatic N) is 2. The molecule has 0 radical (unpaired) electrons. The van der Waals surface area contributed by atoms with Crippen molar-refractivity contribution in [2.45, 2.75) is 13.5 Å². The first-order chi connectivity index (χ1) is 8.66. The molecule has 0 aliphatic carbocycles. The molecule has 0 fully saturated rings. The number of ketones is 1. The number of Topliss-reactive ketones (excluding diaryl/α,β-unsaturated/α-hetero) is 1. The number of carbonyl (C=O) groups is 2. The first kappa shape index (κ1) is 11.1. The minimum absolute atomic E-state index is 0.408. The van der Waals surface area contributed by atoms with Gasteiger partial charge in [0.1, 0.15) is 0 Å². The summed E-state index contributed by atoms with van der Waals surface area (Å²) in [6.07, 6.45) is 1.72. The summed E-state index contributed by atoms with van der Waals surface area (Å²) < 4.78 is 0. The Morgan fingerprint density at radius 1 is 1.33 bits per heavy atom. The van der Waals surface area contributed by atoms with E-state index in [1.807, 2.05) is 19.1 Å². The summed E-state index contributed by atoms with van der Waals surface area (Å²) in [6, 6.07) is 5.50. The summed E-state index contributed by atoms with van der Waals surface area (Å²) >= 11 is 1.47. The molecule has 1 amide bonds. The summed E-state index contributed by atoms with van der Waals surface area (Å²) in [4.78, 5) is 30.3. The van der Waals surface area contributed by atoms with E-state index >= 15 is 0 Å². The van der Waals surface area contributed by atoms with E-state index in [4.69, 9.17) is 0 Å². The zero-order valence-electron chi connectivity index (χ0n) is 9.71. The van der Waals surface area contributed by atoms with Crippen LogP contribution in [0.4, 0.5) is 5.69 Å². The first-order valence-corrected chi connectivity index (χ1v) is 6.39. The number of anilines is 1. The van der Waals surface area contributed by atoms with Crippen LogP contribution in [0, 0.1) is 6.92 Å². The molecule has 0 N–H and O–H groups in total. The van der Waals surface area contributed by atoms with Gasteiger partial charge in [-0.3, -0.25) is 19.5 Å². The Bertz CT molecular complexity index is 634. The third-order valence-corrected chi connectivity index (χ3v) is 3.69. The van der Waals surface area contributed by atoms with E-state index < -0.39 is 11.7 Å². The smallest absolute Gasteiger partial charge is 0.299 e. The maximum Gasteiger partial charge on any atom is 0.299 e. The Morgan fingerprint density at radius 3 is 2.89 bits per heavy atom. The maximum atomic E-state index is 12.0. The molecule has 0 atom stereocenters. The van der Waals surface area contributed by atoms with Gasteiger partial charge in [0, 0.05) is 11.1 Å². The van der Waals surface area contributed by atoms with Gasteiger partial charge in [0.05, 0.1) is 23.3 Å². The molecule has 3 rings (SSSR count). The second-order valence-corrected chi connectivity index (χ2v) is 5.18. The fourth-order valence-electron chi connectivity index (χ4n) is 2.05. The van der Waals surface area contributed by atoms with Crippen molar-refractivity contribution in [2.24, 2.45) is 0 Å². The Morgan fingerprint density at radius 2 is 2.17 bits per heavy atom. The summed E-state index contributed by atoms with van der Waals surface area (Å²) in [6.45, 7) is 2.31. The van der Waals surface area contributed by atoms with Crippen LogP contribution in [-0.2, 0) is 11.3 Å². The van der Waals surface area contributed by atoms with Crippen molar-refractivity contribution < 1.29 is 9.59 Å². The van der Waals surface area contributed by atoms with Crippen molar-refractivity contribution in [3.05, 3.63) is 45.9 Å². The number of thiazole rings is 1. The van der Waals surface area contributed by atoms with Crippen LogP contribution in [0.25, 0.3) is 0 Å². The highest BCUT2D eigenvalue weighted by Crippen LogP contribution is 2.31. The van der Waals surface area contributed by atoms with E-state index in [0.29, 0.717) is 17.8 Å². The third-order valence-electron chi connectivity index (χ3n) is 2.92. The molecular weight excluding hydrogens is 248 g/mol. The molecule has 5 heteroatoms. The fraction of sp³-hybridized carbons (Fsp3) is 0.154. The van der Waals surface area contributed by atoms with Gasteiger partial charge in [-0.1, -0.05) is 11.6 Å². The lowest BCUT2D eigenvalue weighted by Crippen LogP contribution is -2.28. The van der Waals surface area contributed by atoms with Gasteiger partial charge in [-0.05, 0) is 19.1 Å². The predicted octanol–water partition coefficient (Wildman–Crippen LogP) is 2.18. The molecule has 2 heterocycles. The van der Waals surface area contributed by atoms with Crippen LogP contribution in [-0.4, -0.2) is 16.7 Å². The van der Waals surface area contributed by atoms with Gasteiger partial charge in [-0.25, -0.2) is 0 Å². The molecule has 1 aromatic heterocycles. The number of aromatic nitrogens is 1. The Hall–Kier alpha value is -2.01. The van der Waals surface area contributed by atoms with Gasteiger partial charge < -0.3 is 0 Å². The quantitative estimate of drug-likeness (QED) is 0.776. The number of hydrogen-bond donors (Lipinski definition) is 0. The molecular formula is C13H10N2O2S. The second-order valence-electron chi connectivity index (χ2n) is 4.21. The van der Waals surface area contributed by atoms with Gasteiger partial charge >= 0.3 is 0 Å². The van der Waals surface area contributed by atoms with Crippen molar-refractivity contribution in [3.63, 3.8) is 0 Å². The molecule has 1 aliphatic heterocycles. The van der Waals surface area contributed by atoms with Crippen LogP contribution < -0.4 is 4.90 Å². The standard InChI is InChI=1S/C13H10N2O2S/c1-8-2-3-11-10(4-8)12(16)13(17)15(11)6-9-5-14-7-18-9/h2-5,7H,6H2,1H3. The highest BCUT2D eigenvalue weighted by molar-refractivity contribution is 7.09. The van der Waals surface area contributed by atoms with Gasteiger partial charge in [0.2, 0.25) is 0 Å². The van der Waals surface area contributed by atoms with Crippen LogP contribution in [0.1, 0.15) is 20.8 Å².